The lowest BCUT2D eigenvalue weighted by Crippen LogP contribution is -2.30. The van der Waals surface area contributed by atoms with Crippen molar-refractivity contribution < 1.29 is 28.6 Å². The minimum atomic E-state index is -0.781. The Labute approximate surface area is 467 Å². The molecule has 0 aromatic heterocycles. The summed E-state index contributed by atoms with van der Waals surface area (Å²) in [5.41, 5.74) is 0. The van der Waals surface area contributed by atoms with Gasteiger partial charge in [0.15, 0.2) is 6.10 Å². The number of esters is 3. The molecule has 0 amide bonds. The van der Waals surface area contributed by atoms with E-state index in [0.29, 0.717) is 19.3 Å². The first-order valence-corrected chi connectivity index (χ1v) is 33.1. The van der Waals surface area contributed by atoms with E-state index in [4.69, 9.17) is 14.2 Å². The minimum Gasteiger partial charge on any atom is -0.462 e. The molecule has 75 heavy (non-hydrogen) atoms. The zero-order chi connectivity index (χ0) is 54.3. The number of carbonyl (C=O) groups excluding carboxylic acids is 3. The second-order valence-electron chi connectivity index (χ2n) is 22.4. The standard InChI is InChI=1S/C69H126O6/c1-4-7-10-13-16-19-22-25-28-31-32-33-34-35-36-37-38-39-42-44-47-50-53-56-59-62-68(71)74-65-66(75-69(72)63-60-57-54-51-48-45-41-30-27-24-21-18-15-12-9-6-3)64-73-67(70)61-58-55-52-49-46-43-40-29-26-23-20-17-14-11-8-5-2/h22,25,29-32,40-41,66H,4-21,23-24,26-28,33-39,42-65H2,1-3H3/b25-22-,32-31-,40-29-,41-30-. The van der Waals surface area contributed by atoms with Crippen molar-refractivity contribution in [3.8, 4) is 0 Å². The molecule has 1 atom stereocenters. The lowest BCUT2D eigenvalue weighted by Gasteiger charge is -2.18. The van der Waals surface area contributed by atoms with Crippen LogP contribution in [0.3, 0.4) is 0 Å². The highest BCUT2D eigenvalue weighted by molar-refractivity contribution is 5.71. The molecule has 0 saturated carbocycles. The highest BCUT2D eigenvalue weighted by atomic mass is 16.6. The van der Waals surface area contributed by atoms with E-state index in [2.05, 4.69) is 69.4 Å². The summed E-state index contributed by atoms with van der Waals surface area (Å²) in [5, 5.41) is 0. The third-order valence-corrected chi connectivity index (χ3v) is 14.8. The van der Waals surface area contributed by atoms with Gasteiger partial charge in [0.25, 0.3) is 0 Å². The normalized spacial score (nSPS) is 12.3. The summed E-state index contributed by atoms with van der Waals surface area (Å²) < 4.78 is 16.9. The Kier molecular flexibility index (Phi) is 61.7. The van der Waals surface area contributed by atoms with Gasteiger partial charge in [0, 0.05) is 19.3 Å². The molecule has 0 radical (unpaired) electrons. The van der Waals surface area contributed by atoms with E-state index in [0.717, 1.165) is 77.0 Å². The van der Waals surface area contributed by atoms with Crippen molar-refractivity contribution >= 4 is 17.9 Å². The van der Waals surface area contributed by atoms with E-state index in [-0.39, 0.29) is 31.1 Å². The number of unbranched alkanes of at least 4 members (excludes halogenated alkanes) is 42. The molecule has 0 aliphatic carbocycles. The summed E-state index contributed by atoms with van der Waals surface area (Å²) in [6.07, 6.45) is 79.8. The van der Waals surface area contributed by atoms with Gasteiger partial charge in [-0.25, -0.2) is 0 Å². The van der Waals surface area contributed by atoms with Crippen LogP contribution in [0.5, 0.6) is 0 Å². The number of ether oxygens (including phenoxy) is 3. The van der Waals surface area contributed by atoms with Gasteiger partial charge >= 0.3 is 17.9 Å². The van der Waals surface area contributed by atoms with Crippen LogP contribution in [-0.4, -0.2) is 37.2 Å². The Bertz CT molecular complexity index is 1300. The second-order valence-corrected chi connectivity index (χ2v) is 22.4. The lowest BCUT2D eigenvalue weighted by atomic mass is 10.0. The predicted molar refractivity (Wildman–Crippen MR) is 325 cm³/mol. The fourth-order valence-corrected chi connectivity index (χ4v) is 9.76. The molecule has 0 saturated heterocycles. The van der Waals surface area contributed by atoms with Gasteiger partial charge in [-0.05, 0) is 103 Å². The number of rotatable bonds is 61. The van der Waals surface area contributed by atoms with Gasteiger partial charge in [0.1, 0.15) is 13.2 Å². The minimum absolute atomic E-state index is 0.0768. The van der Waals surface area contributed by atoms with Crippen LogP contribution in [-0.2, 0) is 28.6 Å². The van der Waals surface area contributed by atoms with Gasteiger partial charge in [-0.3, -0.25) is 14.4 Å². The van der Waals surface area contributed by atoms with Crippen LogP contribution in [0.1, 0.15) is 355 Å². The van der Waals surface area contributed by atoms with Crippen molar-refractivity contribution in [2.45, 2.75) is 361 Å². The van der Waals surface area contributed by atoms with Crippen LogP contribution in [0.25, 0.3) is 0 Å². The quantitative estimate of drug-likeness (QED) is 0.0261. The molecule has 438 valence electrons. The second kappa shape index (κ2) is 63.9. The van der Waals surface area contributed by atoms with E-state index in [1.54, 1.807) is 0 Å². The van der Waals surface area contributed by atoms with Crippen molar-refractivity contribution in [2.75, 3.05) is 13.2 Å². The molecule has 6 heteroatoms. The zero-order valence-electron chi connectivity index (χ0n) is 50.3. The lowest BCUT2D eigenvalue weighted by molar-refractivity contribution is -0.167. The van der Waals surface area contributed by atoms with Crippen LogP contribution < -0.4 is 0 Å². The van der Waals surface area contributed by atoms with Crippen molar-refractivity contribution in [1.29, 1.82) is 0 Å². The van der Waals surface area contributed by atoms with Crippen LogP contribution >= 0.6 is 0 Å². The Morgan fingerprint density at radius 3 is 0.747 bits per heavy atom. The summed E-state index contributed by atoms with van der Waals surface area (Å²) >= 11 is 0. The first kappa shape index (κ1) is 72.4. The first-order chi connectivity index (χ1) is 37.0. The maximum Gasteiger partial charge on any atom is 0.306 e. The van der Waals surface area contributed by atoms with Crippen LogP contribution in [0, 0.1) is 0 Å². The molecular weight excluding hydrogens is 925 g/mol. The molecule has 0 rings (SSSR count). The molecule has 0 bridgehead atoms. The van der Waals surface area contributed by atoms with Crippen molar-refractivity contribution in [2.24, 2.45) is 0 Å². The number of hydrogen-bond donors (Lipinski definition) is 0. The fraction of sp³-hybridized carbons (Fsp3) is 0.841. The number of carbonyl (C=O) groups is 3. The average molecular weight is 1050 g/mol. The summed E-state index contributed by atoms with van der Waals surface area (Å²) in [6.45, 7) is 6.66. The summed E-state index contributed by atoms with van der Waals surface area (Å²) in [5.74, 6) is -0.874. The number of hydrogen-bond acceptors (Lipinski definition) is 6. The molecule has 1 unspecified atom stereocenters. The van der Waals surface area contributed by atoms with Crippen molar-refractivity contribution in [3.63, 3.8) is 0 Å². The Morgan fingerprint density at radius 1 is 0.267 bits per heavy atom. The molecule has 0 heterocycles. The van der Waals surface area contributed by atoms with E-state index in [9.17, 15) is 14.4 Å². The zero-order valence-corrected chi connectivity index (χ0v) is 50.3. The van der Waals surface area contributed by atoms with Gasteiger partial charge in [-0.1, -0.05) is 281 Å². The SMILES string of the molecule is CCCCCCC/C=C\C/C=C\CCCCCCCCCCCCCCCC(=O)OCC(COC(=O)CCCCCCC/C=C\CCCCCCCCC)OC(=O)CCCCCCC/C=C\CCCCCCCCC. The maximum atomic E-state index is 12.9. The first-order valence-electron chi connectivity index (χ1n) is 33.1. The van der Waals surface area contributed by atoms with E-state index < -0.39 is 6.10 Å². The molecule has 0 fully saturated rings. The van der Waals surface area contributed by atoms with Gasteiger partial charge in [0.2, 0.25) is 0 Å². The van der Waals surface area contributed by atoms with E-state index in [1.165, 1.54) is 238 Å². The monoisotopic (exact) mass is 1050 g/mol. The van der Waals surface area contributed by atoms with Gasteiger partial charge in [0.05, 0.1) is 0 Å². The molecule has 6 nitrogen and oxygen atoms in total. The third-order valence-electron chi connectivity index (χ3n) is 14.8. The molecular formula is C69H126O6. The molecule has 0 aromatic rings. The molecule has 0 aliphatic heterocycles. The summed E-state index contributed by atoms with van der Waals surface area (Å²) in [6, 6.07) is 0. The Hall–Kier alpha value is -2.63. The van der Waals surface area contributed by atoms with E-state index in [1.807, 2.05) is 0 Å². The molecule has 0 aromatic carbocycles. The highest BCUT2D eigenvalue weighted by Gasteiger charge is 2.19. The van der Waals surface area contributed by atoms with Gasteiger partial charge in [-0.2, -0.15) is 0 Å². The highest BCUT2D eigenvalue weighted by Crippen LogP contribution is 2.17. The fourth-order valence-electron chi connectivity index (χ4n) is 9.76. The van der Waals surface area contributed by atoms with Crippen LogP contribution in [0.15, 0.2) is 48.6 Å². The van der Waals surface area contributed by atoms with Crippen LogP contribution in [0.2, 0.25) is 0 Å². The smallest absolute Gasteiger partial charge is 0.306 e. The number of allylic oxidation sites excluding steroid dienone is 8. The molecule has 0 N–H and O–H groups in total. The maximum absolute atomic E-state index is 12.9. The predicted octanol–water partition coefficient (Wildman–Crippen LogP) is 22.6. The van der Waals surface area contributed by atoms with E-state index >= 15 is 0 Å². The van der Waals surface area contributed by atoms with Crippen molar-refractivity contribution in [1.82, 2.24) is 0 Å². The molecule has 0 aliphatic rings. The molecule has 0 spiro atoms. The third kappa shape index (κ3) is 62.1. The summed E-state index contributed by atoms with van der Waals surface area (Å²) in [7, 11) is 0. The van der Waals surface area contributed by atoms with Crippen LogP contribution in [0.4, 0.5) is 0 Å². The largest absolute Gasteiger partial charge is 0.462 e. The van der Waals surface area contributed by atoms with Crippen molar-refractivity contribution in [3.05, 3.63) is 48.6 Å². The Morgan fingerprint density at radius 2 is 0.480 bits per heavy atom. The Balaban J connectivity index is 4.30. The average Bonchev–Trinajstić information content (AvgIpc) is 3.41. The van der Waals surface area contributed by atoms with Gasteiger partial charge in [-0.15, -0.1) is 0 Å². The summed E-state index contributed by atoms with van der Waals surface area (Å²) in [4.78, 5) is 38.3. The van der Waals surface area contributed by atoms with Gasteiger partial charge < -0.3 is 14.2 Å². The topological polar surface area (TPSA) is 78.9 Å².